The molecule has 2 aliphatic heterocycles. The molecule has 2 aliphatic rings. The van der Waals surface area contributed by atoms with Crippen LogP contribution in [0.1, 0.15) is 46.0 Å². The van der Waals surface area contributed by atoms with Gasteiger partial charge in [-0.2, -0.15) is 0 Å². The Morgan fingerprint density at radius 3 is 2.36 bits per heavy atom. The summed E-state index contributed by atoms with van der Waals surface area (Å²) in [5.41, 5.74) is 0. The highest BCUT2D eigenvalue weighted by Gasteiger charge is 2.31. The molecule has 1 atom stereocenters. The van der Waals surface area contributed by atoms with E-state index >= 15 is 0 Å². The van der Waals surface area contributed by atoms with Crippen molar-refractivity contribution < 1.29 is 9.59 Å². The summed E-state index contributed by atoms with van der Waals surface area (Å²) in [6.45, 7) is 9.70. The number of hydrogen-bond donors (Lipinski definition) is 0. The van der Waals surface area contributed by atoms with Gasteiger partial charge in [-0.05, 0) is 51.7 Å². The van der Waals surface area contributed by atoms with E-state index in [4.69, 9.17) is 0 Å². The molecule has 0 spiro atoms. The lowest BCUT2D eigenvalue weighted by molar-refractivity contribution is -0.138. The van der Waals surface area contributed by atoms with Gasteiger partial charge in [-0.25, -0.2) is 4.79 Å². The molecule has 0 aromatic heterocycles. The van der Waals surface area contributed by atoms with Gasteiger partial charge < -0.3 is 19.6 Å². The Bertz CT molecular complexity index is 447. The highest BCUT2D eigenvalue weighted by Crippen LogP contribution is 2.20. The summed E-state index contributed by atoms with van der Waals surface area (Å²) in [5, 5.41) is 0. The molecule has 144 valence electrons. The summed E-state index contributed by atoms with van der Waals surface area (Å²) in [6, 6.07) is 0.213. The lowest BCUT2D eigenvalue weighted by Crippen LogP contribution is -2.54. The third-order valence-electron chi connectivity index (χ3n) is 5.34. The summed E-state index contributed by atoms with van der Waals surface area (Å²) in [4.78, 5) is 33.2. The fourth-order valence-corrected chi connectivity index (χ4v) is 3.94. The minimum atomic E-state index is 0.00622. The molecule has 0 aromatic rings. The van der Waals surface area contributed by atoms with E-state index in [0.29, 0.717) is 6.54 Å². The summed E-state index contributed by atoms with van der Waals surface area (Å²) in [7, 11) is 3.58. The van der Waals surface area contributed by atoms with Crippen molar-refractivity contribution in [2.24, 2.45) is 5.92 Å². The lowest BCUT2D eigenvalue weighted by Gasteiger charge is -2.41. The zero-order valence-corrected chi connectivity index (χ0v) is 16.5. The van der Waals surface area contributed by atoms with Crippen molar-refractivity contribution in [1.82, 2.24) is 19.6 Å². The summed E-state index contributed by atoms with van der Waals surface area (Å²) < 4.78 is 0. The molecule has 2 fully saturated rings. The fourth-order valence-electron chi connectivity index (χ4n) is 3.94. The minimum absolute atomic E-state index is 0.00622. The van der Waals surface area contributed by atoms with Gasteiger partial charge in [0.1, 0.15) is 0 Å². The zero-order chi connectivity index (χ0) is 18.4. The van der Waals surface area contributed by atoms with Crippen LogP contribution in [0.5, 0.6) is 0 Å². The topological polar surface area (TPSA) is 47.1 Å². The number of piperidine rings is 1. The van der Waals surface area contributed by atoms with E-state index in [1.165, 1.54) is 25.9 Å². The first kappa shape index (κ1) is 20.0. The maximum atomic E-state index is 12.8. The minimum Gasteiger partial charge on any atom is -0.338 e. The van der Waals surface area contributed by atoms with Crippen LogP contribution in [0.3, 0.4) is 0 Å². The molecule has 2 rings (SSSR count). The Morgan fingerprint density at radius 2 is 1.76 bits per heavy atom. The molecule has 6 heteroatoms. The summed E-state index contributed by atoms with van der Waals surface area (Å²) in [6.07, 6.45) is 5.60. The van der Waals surface area contributed by atoms with Crippen LogP contribution >= 0.6 is 0 Å². The van der Waals surface area contributed by atoms with Gasteiger partial charge in [0.05, 0.1) is 0 Å². The number of rotatable bonds is 6. The van der Waals surface area contributed by atoms with Gasteiger partial charge >= 0.3 is 6.03 Å². The SMILES string of the molecule is CC(C)C(=O)N(CCCN1CCCC1)C1CCCN(C(=O)N(C)C)C1. The van der Waals surface area contributed by atoms with Crippen molar-refractivity contribution in [2.75, 3.05) is 53.4 Å². The first-order chi connectivity index (χ1) is 11.9. The fraction of sp³-hybridized carbons (Fsp3) is 0.895. The first-order valence-corrected chi connectivity index (χ1v) is 9.89. The number of hydrogen-bond acceptors (Lipinski definition) is 3. The molecule has 6 nitrogen and oxygen atoms in total. The van der Waals surface area contributed by atoms with Crippen molar-refractivity contribution >= 4 is 11.9 Å². The summed E-state index contributed by atoms with van der Waals surface area (Å²) >= 11 is 0. The second-order valence-electron chi connectivity index (χ2n) is 8.01. The largest absolute Gasteiger partial charge is 0.338 e. The van der Waals surface area contributed by atoms with E-state index < -0.39 is 0 Å². The first-order valence-electron chi connectivity index (χ1n) is 9.89. The monoisotopic (exact) mass is 352 g/mol. The van der Waals surface area contributed by atoms with E-state index in [1.54, 1.807) is 19.0 Å². The Hall–Kier alpha value is -1.30. The van der Waals surface area contributed by atoms with Crippen LogP contribution in [-0.2, 0) is 4.79 Å². The molecule has 0 bridgehead atoms. The Balaban J connectivity index is 1.95. The van der Waals surface area contributed by atoms with Crippen LogP contribution < -0.4 is 0 Å². The molecule has 0 N–H and O–H groups in total. The molecular weight excluding hydrogens is 316 g/mol. The van der Waals surface area contributed by atoms with Gasteiger partial charge in [0.15, 0.2) is 0 Å². The highest BCUT2D eigenvalue weighted by atomic mass is 16.2. The normalized spacial score (nSPS) is 21.6. The van der Waals surface area contributed by atoms with Crippen LogP contribution in [0, 0.1) is 5.92 Å². The van der Waals surface area contributed by atoms with Crippen LogP contribution in [0.4, 0.5) is 4.79 Å². The molecule has 0 radical (unpaired) electrons. The van der Waals surface area contributed by atoms with E-state index in [2.05, 4.69) is 9.80 Å². The number of urea groups is 1. The summed E-state index contributed by atoms with van der Waals surface area (Å²) in [5.74, 6) is 0.234. The molecule has 0 aromatic carbocycles. The Kier molecular flexibility index (Phi) is 7.54. The second-order valence-corrected chi connectivity index (χ2v) is 8.01. The quantitative estimate of drug-likeness (QED) is 0.735. The van der Waals surface area contributed by atoms with Crippen molar-refractivity contribution in [3.63, 3.8) is 0 Å². The standard InChI is InChI=1S/C19H36N4O2/c1-16(2)18(24)23(14-8-12-21-10-5-6-11-21)17-9-7-13-22(15-17)19(25)20(3)4/h16-17H,5-15H2,1-4H3. The van der Waals surface area contributed by atoms with Crippen LogP contribution in [0.25, 0.3) is 0 Å². The van der Waals surface area contributed by atoms with Gasteiger partial charge in [-0.1, -0.05) is 13.8 Å². The number of nitrogens with zero attached hydrogens (tertiary/aromatic N) is 4. The second kappa shape index (κ2) is 9.41. The van der Waals surface area contributed by atoms with Gasteiger partial charge in [0, 0.05) is 45.7 Å². The van der Waals surface area contributed by atoms with Gasteiger partial charge in [0.25, 0.3) is 0 Å². The number of carbonyl (C=O) groups excluding carboxylic acids is 2. The predicted octanol–water partition coefficient (Wildman–Crippen LogP) is 2.10. The molecule has 25 heavy (non-hydrogen) atoms. The number of likely N-dealkylation sites (tertiary alicyclic amines) is 2. The molecule has 2 saturated heterocycles. The molecular formula is C19H36N4O2. The molecule has 0 aliphatic carbocycles. The van der Waals surface area contributed by atoms with Crippen molar-refractivity contribution in [1.29, 1.82) is 0 Å². The van der Waals surface area contributed by atoms with Crippen molar-refractivity contribution in [2.45, 2.75) is 52.0 Å². The van der Waals surface area contributed by atoms with Gasteiger partial charge in [-0.3, -0.25) is 4.79 Å². The zero-order valence-electron chi connectivity index (χ0n) is 16.5. The molecule has 2 heterocycles. The average Bonchev–Trinajstić information content (AvgIpc) is 3.10. The lowest BCUT2D eigenvalue weighted by atomic mass is 10.0. The van der Waals surface area contributed by atoms with Gasteiger partial charge in [-0.15, -0.1) is 0 Å². The number of amides is 3. The van der Waals surface area contributed by atoms with E-state index in [1.807, 2.05) is 18.7 Å². The van der Waals surface area contributed by atoms with Gasteiger partial charge in [0.2, 0.25) is 5.91 Å². The molecule has 0 saturated carbocycles. The average molecular weight is 353 g/mol. The smallest absolute Gasteiger partial charge is 0.319 e. The maximum Gasteiger partial charge on any atom is 0.319 e. The Morgan fingerprint density at radius 1 is 1.08 bits per heavy atom. The van der Waals surface area contributed by atoms with E-state index in [0.717, 1.165) is 38.9 Å². The van der Waals surface area contributed by atoms with Crippen LogP contribution in [0.15, 0.2) is 0 Å². The van der Waals surface area contributed by atoms with E-state index in [9.17, 15) is 9.59 Å². The number of carbonyl (C=O) groups is 2. The highest BCUT2D eigenvalue weighted by molar-refractivity contribution is 5.79. The van der Waals surface area contributed by atoms with E-state index in [-0.39, 0.29) is 23.9 Å². The third-order valence-corrected chi connectivity index (χ3v) is 5.34. The van der Waals surface area contributed by atoms with Crippen molar-refractivity contribution in [3.05, 3.63) is 0 Å². The molecule has 1 unspecified atom stereocenters. The predicted molar refractivity (Wildman–Crippen MR) is 101 cm³/mol. The van der Waals surface area contributed by atoms with Crippen molar-refractivity contribution in [3.8, 4) is 0 Å². The van der Waals surface area contributed by atoms with Crippen LogP contribution in [0.2, 0.25) is 0 Å². The maximum absolute atomic E-state index is 12.8. The van der Waals surface area contributed by atoms with Crippen LogP contribution in [-0.4, -0.2) is 90.9 Å². The molecule has 3 amide bonds. The third kappa shape index (κ3) is 5.59. The Labute approximate surface area is 153 Å².